The number of amides is 1. The Morgan fingerprint density at radius 3 is 2.90 bits per heavy atom. The summed E-state index contributed by atoms with van der Waals surface area (Å²) in [5.41, 5.74) is 7.43. The van der Waals surface area contributed by atoms with Gasteiger partial charge in [0.2, 0.25) is 6.41 Å². The maximum Gasteiger partial charge on any atom is 0.214 e. The highest BCUT2D eigenvalue weighted by Gasteiger charge is 2.09. The van der Waals surface area contributed by atoms with E-state index in [9.17, 15) is 4.79 Å². The minimum atomic E-state index is 0.368. The van der Waals surface area contributed by atoms with Gasteiger partial charge >= 0.3 is 0 Å². The lowest BCUT2D eigenvalue weighted by atomic mass is 10.2. The van der Waals surface area contributed by atoms with Gasteiger partial charge in [-0.15, -0.1) is 0 Å². The van der Waals surface area contributed by atoms with Crippen LogP contribution in [0, 0.1) is 6.92 Å². The lowest BCUT2D eigenvalue weighted by Gasteiger charge is -2.18. The molecule has 1 aromatic rings. The van der Waals surface area contributed by atoms with Crippen LogP contribution in [0.25, 0.3) is 0 Å². The molecule has 1 aromatic heterocycles. The summed E-state index contributed by atoms with van der Waals surface area (Å²) in [6, 6.07) is 0. The normalized spacial score (nSPS) is 11.4. The summed E-state index contributed by atoms with van der Waals surface area (Å²) in [5.74, 6) is 1.03. The van der Waals surface area contributed by atoms with Crippen LogP contribution in [0.15, 0.2) is 18.0 Å². The first kappa shape index (κ1) is 16.1. The summed E-state index contributed by atoms with van der Waals surface area (Å²) in [6.07, 6.45) is 5.17. The summed E-state index contributed by atoms with van der Waals surface area (Å²) in [7, 11) is 0. The van der Waals surface area contributed by atoms with Gasteiger partial charge in [-0.1, -0.05) is 6.08 Å². The third kappa shape index (κ3) is 4.97. The molecule has 6 heteroatoms. The molecule has 0 aliphatic carbocycles. The Morgan fingerprint density at radius 2 is 2.30 bits per heavy atom. The summed E-state index contributed by atoms with van der Waals surface area (Å²) < 4.78 is 5.26. The number of hydrogen-bond acceptors (Lipinski definition) is 5. The third-order valence-electron chi connectivity index (χ3n) is 2.85. The van der Waals surface area contributed by atoms with E-state index in [1.165, 1.54) is 0 Å². The van der Waals surface area contributed by atoms with Crippen LogP contribution >= 0.6 is 0 Å². The van der Waals surface area contributed by atoms with E-state index in [0.29, 0.717) is 31.4 Å². The molecule has 0 spiro atoms. The van der Waals surface area contributed by atoms with Crippen molar-refractivity contribution in [3.63, 3.8) is 0 Å². The minimum absolute atomic E-state index is 0.368. The molecule has 0 aliphatic rings. The first-order chi connectivity index (χ1) is 9.58. The van der Waals surface area contributed by atoms with Crippen LogP contribution in [0.3, 0.4) is 0 Å². The number of carbonyl (C=O) groups is 1. The second-order valence-corrected chi connectivity index (χ2v) is 4.39. The molecule has 6 nitrogen and oxygen atoms in total. The quantitative estimate of drug-likeness (QED) is 0.577. The van der Waals surface area contributed by atoms with Crippen LogP contribution in [0.2, 0.25) is 0 Å². The Labute approximate surface area is 119 Å². The molecule has 0 aromatic carbocycles. The Balaban J connectivity index is 2.68. The molecule has 1 rings (SSSR count). The zero-order valence-electron chi connectivity index (χ0n) is 12.3. The number of allylic oxidation sites excluding steroid dienone is 1. The summed E-state index contributed by atoms with van der Waals surface area (Å²) in [6.45, 7) is 7.32. The second-order valence-electron chi connectivity index (χ2n) is 4.39. The van der Waals surface area contributed by atoms with Gasteiger partial charge in [0, 0.05) is 24.1 Å². The molecule has 1 heterocycles. The van der Waals surface area contributed by atoms with Gasteiger partial charge < -0.3 is 15.4 Å². The molecule has 0 bridgehead atoms. The summed E-state index contributed by atoms with van der Waals surface area (Å²) in [5, 5.41) is 0. The first-order valence-corrected chi connectivity index (χ1v) is 6.63. The van der Waals surface area contributed by atoms with E-state index < -0.39 is 0 Å². The monoisotopic (exact) mass is 278 g/mol. The third-order valence-corrected chi connectivity index (χ3v) is 2.85. The van der Waals surface area contributed by atoms with E-state index in [1.807, 2.05) is 19.9 Å². The van der Waals surface area contributed by atoms with E-state index in [1.54, 1.807) is 18.0 Å². The molecule has 110 valence electrons. The number of nitrogen functional groups attached to an aromatic ring is 1. The van der Waals surface area contributed by atoms with Gasteiger partial charge in [-0.2, -0.15) is 0 Å². The first-order valence-electron chi connectivity index (χ1n) is 6.63. The number of carbonyl (C=O) groups excluding carboxylic acids is 1. The molecule has 0 saturated heterocycles. The van der Waals surface area contributed by atoms with Gasteiger partial charge in [0.15, 0.2) is 0 Å². The van der Waals surface area contributed by atoms with Crippen molar-refractivity contribution in [2.75, 3.05) is 18.9 Å². The fraction of sp³-hybridized carbons (Fsp3) is 0.500. The number of hydrogen-bond donors (Lipinski definition) is 1. The van der Waals surface area contributed by atoms with E-state index in [-0.39, 0.29) is 0 Å². The van der Waals surface area contributed by atoms with Crippen molar-refractivity contribution >= 4 is 12.2 Å². The van der Waals surface area contributed by atoms with Crippen LogP contribution in [0.5, 0.6) is 0 Å². The Hall–Kier alpha value is -1.95. The van der Waals surface area contributed by atoms with E-state index in [4.69, 9.17) is 10.5 Å². The molecule has 1 amide bonds. The minimum Gasteiger partial charge on any atom is -0.383 e. The van der Waals surface area contributed by atoms with Crippen molar-refractivity contribution in [1.29, 1.82) is 0 Å². The fourth-order valence-electron chi connectivity index (χ4n) is 1.68. The number of rotatable bonds is 8. The van der Waals surface area contributed by atoms with Crippen LogP contribution in [0.1, 0.15) is 31.7 Å². The molecule has 0 radical (unpaired) electrons. The Kier molecular flexibility index (Phi) is 6.66. The predicted octanol–water partition coefficient (Wildman–Crippen LogP) is 1.66. The average Bonchev–Trinajstić information content (AvgIpc) is 2.42. The van der Waals surface area contributed by atoms with E-state index >= 15 is 0 Å². The summed E-state index contributed by atoms with van der Waals surface area (Å²) in [4.78, 5) is 21.0. The van der Waals surface area contributed by atoms with Gasteiger partial charge in [0.25, 0.3) is 0 Å². The number of ether oxygens (including phenoxy) is 1. The van der Waals surface area contributed by atoms with Crippen molar-refractivity contribution in [3.8, 4) is 0 Å². The molecule has 0 atom stereocenters. The van der Waals surface area contributed by atoms with Crippen molar-refractivity contribution in [1.82, 2.24) is 14.9 Å². The second kappa shape index (κ2) is 8.27. The van der Waals surface area contributed by atoms with Crippen LogP contribution in [-0.2, 0) is 16.1 Å². The van der Waals surface area contributed by atoms with Crippen LogP contribution < -0.4 is 5.73 Å². The molecular formula is C14H22N4O2. The molecular weight excluding hydrogens is 256 g/mol. The standard InChI is InChI=1S/C14H22N4O2/c1-4-20-7-5-6-11(2)18(10-19)9-13-8-16-12(3)17-14(13)15/h6,8,10H,4-5,7,9H2,1-3H3,(H2,15,16,17)/b11-6-. The van der Waals surface area contributed by atoms with Gasteiger partial charge in [-0.05, 0) is 27.2 Å². The number of nitrogens with two attached hydrogens (primary N) is 1. The molecule has 20 heavy (non-hydrogen) atoms. The highest BCUT2D eigenvalue weighted by molar-refractivity contribution is 5.52. The maximum absolute atomic E-state index is 11.2. The molecule has 2 N–H and O–H groups in total. The largest absolute Gasteiger partial charge is 0.383 e. The smallest absolute Gasteiger partial charge is 0.214 e. The van der Waals surface area contributed by atoms with Gasteiger partial charge in [-0.25, -0.2) is 9.97 Å². The number of anilines is 1. The molecule has 0 aliphatic heterocycles. The summed E-state index contributed by atoms with van der Waals surface area (Å²) >= 11 is 0. The Morgan fingerprint density at radius 1 is 1.55 bits per heavy atom. The van der Waals surface area contributed by atoms with Crippen molar-refractivity contribution < 1.29 is 9.53 Å². The van der Waals surface area contributed by atoms with Gasteiger partial charge in [0.05, 0.1) is 13.2 Å². The SMILES string of the molecule is CCOCC/C=C(/C)N(C=O)Cc1cnc(C)nc1N. The van der Waals surface area contributed by atoms with E-state index in [0.717, 1.165) is 24.1 Å². The predicted molar refractivity (Wildman–Crippen MR) is 77.7 cm³/mol. The van der Waals surface area contributed by atoms with Crippen molar-refractivity contribution in [3.05, 3.63) is 29.4 Å². The van der Waals surface area contributed by atoms with Gasteiger partial charge in [-0.3, -0.25) is 4.79 Å². The molecule has 0 saturated carbocycles. The zero-order chi connectivity index (χ0) is 15.0. The zero-order valence-corrected chi connectivity index (χ0v) is 12.3. The Bertz CT molecular complexity index is 474. The maximum atomic E-state index is 11.2. The molecule has 0 fully saturated rings. The topological polar surface area (TPSA) is 81.3 Å². The van der Waals surface area contributed by atoms with Crippen LogP contribution in [0.4, 0.5) is 5.82 Å². The van der Waals surface area contributed by atoms with E-state index in [2.05, 4.69) is 9.97 Å². The van der Waals surface area contributed by atoms with Gasteiger partial charge in [0.1, 0.15) is 11.6 Å². The lowest BCUT2D eigenvalue weighted by molar-refractivity contribution is -0.116. The highest BCUT2D eigenvalue weighted by Crippen LogP contribution is 2.13. The van der Waals surface area contributed by atoms with Crippen LogP contribution in [-0.4, -0.2) is 34.5 Å². The lowest BCUT2D eigenvalue weighted by Crippen LogP contribution is -2.20. The molecule has 0 unspecified atom stereocenters. The number of nitrogens with zero attached hydrogens (tertiary/aromatic N) is 3. The average molecular weight is 278 g/mol. The van der Waals surface area contributed by atoms with Crippen molar-refractivity contribution in [2.45, 2.75) is 33.7 Å². The highest BCUT2D eigenvalue weighted by atomic mass is 16.5. The number of aromatic nitrogens is 2. The number of aryl methyl sites for hydroxylation is 1. The van der Waals surface area contributed by atoms with Crippen molar-refractivity contribution in [2.24, 2.45) is 0 Å². The fourth-order valence-corrected chi connectivity index (χ4v) is 1.68.